The number of hydrogen-bond donors (Lipinski definition) is 2. The summed E-state index contributed by atoms with van der Waals surface area (Å²) < 4.78 is 0. The maximum Gasteiger partial charge on any atom is 0.0728 e. The van der Waals surface area contributed by atoms with E-state index in [2.05, 4.69) is 40.5 Å². The van der Waals surface area contributed by atoms with Crippen LogP contribution in [0.25, 0.3) is 11.1 Å². The van der Waals surface area contributed by atoms with Crippen molar-refractivity contribution in [3.63, 3.8) is 0 Å². The molecular weight excluding hydrogens is 439 g/mol. The molecule has 0 bridgehead atoms. The van der Waals surface area contributed by atoms with Gasteiger partial charge in [0.2, 0.25) is 0 Å². The summed E-state index contributed by atoms with van der Waals surface area (Å²) in [5.74, 6) is 0.166. The van der Waals surface area contributed by atoms with Crippen LogP contribution >= 0.6 is 36.4 Å². The number of aliphatic hydroxyl groups is 1. The Balaban J connectivity index is 0.00000160. The van der Waals surface area contributed by atoms with Crippen LogP contribution in [0.2, 0.25) is 5.02 Å². The minimum absolute atomic E-state index is 0. The van der Waals surface area contributed by atoms with Crippen molar-refractivity contribution in [2.45, 2.75) is 43.6 Å². The first kappa shape index (κ1) is 25.5. The van der Waals surface area contributed by atoms with Gasteiger partial charge in [0, 0.05) is 43.7 Å². The van der Waals surface area contributed by atoms with Crippen molar-refractivity contribution in [2.24, 2.45) is 0 Å². The summed E-state index contributed by atoms with van der Waals surface area (Å²) in [6, 6.07) is 16.8. The van der Waals surface area contributed by atoms with E-state index >= 15 is 0 Å². The molecular formula is C24H33Cl3N2O. The lowest BCUT2D eigenvalue weighted by Crippen LogP contribution is -2.49. The fraction of sp³-hybridized carbons (Fsp3) is 0.500. The smallest absolute Gasteiger partial charge is 0.0728 e. The van der Waals surface area contributed by atoms with Crippen LogP contribution < -0.4 is 5.32 Å². The second-order valence-electron chi connectivity index (χ2n) is 8.40. The van der Waals surface area contributed by atoms with Crippen LogP contribution in [-0.4, -0.2) is 48.3 Å². The average molecular weight is 472 g/mol. The second-order valence-corrected chi connectivity index (χ2v) is 8.84. The molecule has 2 N–H and O–H groups in total. The molecule has 3 nitrogen and oxygen atoms in total. The Morgan fingerprint density at radius 1 is 0.933 bits per heavy atom. The minimum atomic E-state index is -0.583. The molecule has 0 aromatic heterocycles. The van der Waals surface area contributed by atoms with Gasteiger partial charge in [0.05, 0.1) is 5.60 Å². The van der Waals surface area contributed by atoms with Crippen LogP contribution in [0.15, 0.2) is 48.5 Å². The highest BCUT2D eigenvalue weighted by Crippen LogP contribution is 2.41. The lowest BCUT2D eigenvalue weighted by Gasteiger charge is -2.42. The highest BCUT2D eigenvalue weighted by molar-refractivity contribution is 6.30. The van der Waals surface area contributed by atoms with E-state index in [1.54, 1.807) is 0 Å². The van der Waals surface area contributed by atoms with Crippen molar-refractivity contribution in [1.29, 1.82) is 0 Å². The summed E-state index contributed by atoms with van der Waals surface area (Å²) in [6.45, 7) is 5.15. The van der Waals surface area contributed by atoms with Gasteiger partial charge in [-0.15, -0.1) is 24.8 Å². The van der Waals surface area contributed by atoms with E-state index in [1.807, 2.05) is 18.2 Å². The molecule has 2 aliphatic rings. The zero-order chi connectivity index (χ0) is 19.4. The van der Waals surface area contributed by atoms with Gasteiger partial charge in [-0.1, -0.05) is 67.3 Å². The number of rotatable bonds is 5. The summed E-state index contributed by atoms with van der Waals surface area (Å²) in [4.78, 5) is 2.51. The summed E-state index contributed by atoms with van der Waals surface area (Å²) in [5, 5.41) is 15.8. The number of hydrogen-bond acceptors (Lipinski definition) is 3. The molecule has 166 valence electrons. The molecule has 2 aromatic carbocycles. The molecule has 0 amide bonds. The van der Waals surface area contributed by atoms with Crippen molar-refractivity contribution >= 4 is 36.4 Å². The molecule has 2 fully saturated rings. The molecule has 1 aliphatic heterocycles. The van der Waals surface area contributed by atoms with Crippen molar-refractivity contribution in [3.8, 4) is 11.1 Å². The van der Waals surface area contributed by atoms with Crippen LogP contribution in [0.1, 0.15) is 43.6 Å². The molecule has 0 spiro atoms. The quantitative estimate of drug-likeness (QED) is 0.601. The lowest BCUT2D eigenvalue weighted by atomic mass is 9.72. The number of halogens is 3. The highest BCUT2D eigenvalue weighted by atomic mass is 35.5. The Bertz CT molecular complexity index is 772. The Hall–Kier alpha value is -0.810. The zero-order valence-corrected chi connectivity index (χ0v) is 19.7. The first-order chi connectivity index (χ1) is 13.6. The SMILES string of the molecule is Cl.Cl.OC1(C(CN2CCNCC2)c2ccc(-c3cccc(Cl)c3)cc2)CCCCC1. The monoisotopic (exact) mass is 470 g/mol. The third kappa shape index (κ3) is 6.12. The molecule has 2 aromatic rings. The van der Waals surface area contributed by atoms with Crippen molar-refractivity contribution in [2.75, 3.05) is 32.7 Å². The molecule has 1 aliphatic carbocycles. The lowest BCUT2D eigenvalue weighted by molar-refractivity contribution is -0.0316. The summed E-state index contributed by atoms with van der Waals surface area (Å²) in [6.07, 6.45) is 5.35. The number of benzene rings is 2. The fourth-order valence-corrected chi connectivity index (χ4v) is 5.02. The molecule has 6 heteroatoms. The third-order valence-electron chi connectivity index (χ3n) is 6.49. The Labute approximate surface area is 198 Å². The van der Waals surface area contributed by atoms with Gasteiger partial charge in [0.25, 0.3) is 0 Å². The van der Waals surface area contributed by atoms with E-state index < -0.39 is 5.60 Å². The van der Waals surface area contributed by atoms with Gasteiger partial charge in [-0.2, -0.15) is 0 Å². The molecule has 30 heavy (non-hydrogen) atoms. The Morgan fingerprint density at radius 2 is 1.60 bits per heavy atom. The van der Waals surface area contributed by atoms with E-state index in [0.29, 0.717) is 0 Å². The molecule has 0 radical (unpaired) electrons. The Morgan fingerprint density at radius 3 is 2.23 bits per heavy atom. The van der Waals surface area contributed by atoms with Crippen LogP contribution in [0, 0.1) is 0 Å². The number of nitrogens with one attached hydrogen (secondary N) is 1. The van der Waals surface area contributed by atoms with Crippen molar-refractivity contribution in [3.05, 3.63) is 59.1 Å². The topological polar surface area (TPSA) is 35.5 Å². The Kier molecular flexibility index (Phi) is 9.93. The largest absolute Gasteiger partial charge is 0.389 e. The average Bonchev–Trinajstić information content (AvgIpc) is 2.73. The third-order valence-corrected chi connectivity index (χ3v) is 6.72. The molecule has 4 rings (SSSR count). The van der Waals surface area contributed by atoms with Gasteiger partial charge >= 0.3 is 0 Å². The van der Waals surface area contributed by atoms with Gasteiger partial charge in [-0.05, 0) is 41.7 Å². The molecule has 1 saturated carbocycles. The fourth-order valence-electron chi connectivity index (χ4n) is 4.83. The molecule has 1 unspecified atom stereocenters. The van der Waals surface area contributed by atoms with Gasteiger partial charge in [0.1, 0.15) is 0 Å². The van der Waals surface area contributed by atoms with Crippen LogP contribution in [0.5, 0.6) is 0 Å². The van der Waals surface area contributed by atoms with E-state index in [0.717, 1.165) is 69.0 Å². The first-order valence-electron chi connectivity index (χ1n) is 10.7. The number of nitrogens with zero attached hydrogens (tertiary/aromatic N) is 1. The van der Waals surface area contributed by atoms with E-state index in [4.69, 9.17) is 11.6 Å². The minimum Gasteiger partial charge on any atom is -0.389 e. The van der Waals surface area contributed by atoms with E-state index in [9.17, 15) is 5.11 Å². The van der Waals surface area contributed by atoms with Gasteiger partial charge in [0.15, 0.2) is 0 Å². The standard InChI is InChI=1S/C24H31ClN2O.2ClH/c25-22-6-4-5-21(17-22)19-7-9-20(10-8-19)23(18-27-15-13-26-14-16-27)24(28)11-2-1-3-12-24;;/h4-10,17,23,26,28H,1-3,11-16,18H2;2*1H. The van der Waals surface area contributed by atoms with Gasteiger partial charge < -0.3 is 15.3 Å². The maximum atomic E-state index is 11.6. The summed E-state index contributed by atoms with van der Waals surface area (Å²) in [5.41, 5.74) is 2.98. The van der Waals surface area contributed by atoms with Gasteiger partial charge in [-0.3, -0.25) is 0 Å². The normalized spacial score (nSPS) is 19.9. The summed E-state index contributed by atoms with van der Waals surface area (Å²) >= 11 is 6.16. The predicted molar refractivity (Wildman–Crippen MR) is 131 cm³/mol. The van der Waals surface area contributed by atoms with Crippen molar-refractivity contribution < 1.29 is 5.11 Å². The molecule has 1 atom stereocenters. The highest BCUT2D eigenvalue weighted by Gasteiger charge is 2.39. The molecule has 1 saturated heterocycles. The second kappa shape index (κ2) is 11.7. The maximum absolute atomic E-state index is 11.6. The summed E-state index contributed by atoms with van der Waals surface area (Å²) in [7, 11) is 0. The van der Waals surface area contributed by atoms with E-state index in [-0.39, 0.29) is 30.7 Å². The van der Waals surface area contributed by atoms with Crippen LogP contribution in [-0.2, 0) is 0 Å². The predicted octanol–water partition coefficient (Wildman–Crippen LogP) is 5.53. The van der Waals surface area contributed by atoms with E-state index in [1.165, 1.54) is 17.5 Å². The van der Waals surface area contributed by atoms with Gasteiger partial charge in [-0.25, -0.2) is 0 Å². The first-order valence-corrected chi connectivity index (χ1v) is 11.0. The van der Waals surface area contributed by atoms with Crippen LogP contribution in [0.4, 0.5) is 0 Å². The number of piperazine rings is 1. The molecule has 1 heterocycles. The van der Waals surface area contributed by atoms with Crippen molar-refractivity contribution in [1.82, 2.24) is 10.2 Å². The zero-order valence-electron chi connectivity index (χ0n) is 17.4. The van der Waals surface area contributed by atoms with Crippen LogP contribution in [0.3, 0.4) is 0 Å².